The van der Waals surface area contributed by atoms with E-state index in [0.29, 0.717) is 11.5 Å². The minimum atomic E-state index is 0.422. The second kappa shape index (κ2) is 7.30. The summed E-state index contributed by atoms with van der Waals surface area (Å²) in [5.74, 6) is 0. The molecule has 2 heteroatoms. The average molecular weight is 312 g/mol. The van der Waals surface area contributed by atoms with Gasteiger partial charge in [-0.1, -0.05) is 55.8 Å². The summed E-state index contributed by atoms with van der Waals surface area (Å²) in [6.45, 7) is 10.2. The summed E-state index contributed by atoms with van der Waals surface area (Å²) in [7, 11) is 0. The maximum atomic E-state index is 3.61. The fourth-order valence-electron chi connectivity index (χ4n) is 2.12. The first kappa shape index (κ1) is 15.7. The normalized spacial score (nSPS) is 13.6. The summed E-state index contributed by atoms with van der Waals surface area (Å²) in [5, 5.41) is 3.61. The number of nitrogens with one attached hydrogen (secondary N) is 1. The minimum Gasteiger partial charge on any atom is -0.314 e. The molecule has 102 valence electrons. The third-order valence-corrected chi connectivity index (χ3v) is 3.60. The predicted octanol–water partition coefficient (Wildman–Crippen LogP) is 4.80. The molecule has 1 nitrogen and oxygen atoms in total. The maximum absolute atomic E-state index is 3.61. The van der Waals surface area contributed by atoms with Crippen molar-refractivity contribution < 1.29 is 0 Å². The van der Waals surface area contributed by atoms with Crippen molar-refractivity contribution in [1.29, 1.82) is 0 Å². The highest BCUT2D eigenvalue weighted by Crippen LogP contribution is 2.23. The van der Waals surface area contributed by atoms with E-state index in [1.807, 2.05) is 0 Å². The Morgan fingerprint density at radius 2 is 2.00 bits per heavy atom. The second-order valence-electron chi connectivity index (χ2n) is 6.19. The van der Waals surface area contributed by atoms with Crippen molar-refractivity contribution >= 4 is 15.9 Å². The molecule has 0 heterocycles. The molecule has 0 bridgehead atoms. The summed E-state index contributed by atoms with van der Waals surface area (Å²) in [5.41, 5.74) is 1.83. The highest BCUT2D eigenvalue weighted by molar-refractivity contribution is 9.10. The van der Waals surface area contributed by atoms with Crippen molar-refractivity contribution in [3.05, 3.63) is 34.3 Å². The Kier molecular flexibility index (Phi) is 6.37. The number of rotatable bonds is 6. The first-order valence-corrected chi connectivity index (χ1v) is 7.68. The molecule has 0 radical (unpaired) electrons. The van der Waals surface area contributed by atoms with Gasteiger partial charge in [0, 0.05) is 10.5 Å². The smallest absolute Gasteiger partial charge is 0.0178 e. The van der Waals surface area contributed by atoms with Gasteiger partial charge in [-0.05, 0) is 48.9 Å². The molecule has 0 aliphatic carbocycles. The summed E-state index contributed by atoms with van der Waals surface area (Å²) in [6, 6.07) is 9.23. The fourth-order valence-corrected chi connectivity index (χ4v) is 2.57. The van der Waals surface area contributed by atoms with Crippen LogP contribution in [0, 0.1) is 5.41 Å². The molecule has 1 N–H and O–H groups in total. The van der Waals surface area contributed by atoms with E-state index in [9.17, 15) is 0 Å². The van der Waals surface area contributed by atoms with Gasteiger partial charge in [0.05, 0.1) is 0 Å². The van der Waals surface area contributed by atoms with E-state index in [-0.39, 0.29) is 0 Å². The molecule has 0 amide bonds. The molecule has 0 aromatic heterocycles. The molecule has 0 spiro atoms. The molecule has 18 heavy (non-hydrogen) atoms. The lowest BCUT2D eigenvalue weighted by atomic mass is 9.87. The first-order chi connectivity index (χ1) is 8.40. The van der Waals surface area contributed by atoms with Crippen LogP contribution in [0.4, 0.5) is 0 Å². The summed E-state index contributed by atoms with van der Waals surface area (Å²) in [4.78, 5) is 0. The molecule has 1 atom stereocenters. The van der Waals surface area contributed by atoms with Gasteiger partial charge in [-0.25, -0.2) is 0 Å². The molecule has 1 aromatic carbocycles. The number of benzene rings is 1. The van der Waals surface area contributed by atoms with Gasteiger partial charge in [-0.2, -0.15) is 0 Å². The Hall–Kier alpha value is -0.340. The lowest BCUT2D eigenvalue weighted by Crippen LogP contribution is -2.32. The quantitative estimate of drug-likeness (QED) is 0.796. The van der Waals surface area contributed by atoms with Gasteiger partial charge < -0.3 is 5.32 Å². The van der Waals surface area contributed by atoms with E-state index in [1.54, 1.807) is 0 Å². The molecule has 0 aliphatic heterocycles. The van der Waals surface area contributed by atoms with Crippen LogP contribution in [-0.4, -0.2) is 12.6 Å². The average Bonchev–Trinajstić information content (AvgIpc) is 2.25. The highest BCUT2D eigenvalue weighted by atomic mass is 79.9. The minimum absolute atomic E-state index is 0.422. The van der Waals surface area contributed by atoms with Crippen molar-refractivity contribution in [2.24, 2.45) is 5.41 Å². The van der Waals surface area contributed by atoms with E-state index >= 15 is 0 Å². The standard InChI is InChI=1S/C16H26BrN/c1-5-18-15(9-10-16(2,3)4)12-13-7-6-8-14(17)11-13/h6-8,11,15,18H,5,9-10,12H2,1-4H3. The van der Waals surface area contributed by atoms with Crippen LogP contribution in [0.3, 0.4) is 0 Å². The van der Waals surface area contributed by atoms with Crippen LogP contribution in [0.1, 0.15) is 46.1 Å². The van der Waals surface area contributed by atoms with Crippen molar-refractivity contribution in [3.8, 4) is 0 Å². The fraction of sp³-hybridized carbons (Fsp3) is 0.625. The first-order valence-electron chi connectivity index (χ1n) is 6.88. The van der Waals surface area contributed by atoms with Crippen LogP contribution < -0.4 is 5.32 Å². The van der Waals surface area contributed by atoms with Gasteiger partial charge in [0.2, 0.25) is 0 Å². The van der Waals surface area contributed by atoms with E-state index in [0.717, 1.165) is 13.0 Å². The number of hydrogen-bond acceptors (Lipinski definition) is 1. The lowest BCUT2D eigenvalue weighted by Gasteiger charge is -2.24. The topological polar surface area (TPSA) is 12.0 Å². The third-order valence-electron chi connectivity index (χ3n) is 3.11. The molecule has 0 fully saturated rings. The van der Waals surface area contributed by atoms with Gasteiger partial charge in [0.1, 0.15) is 0 Å². The molecular weight excluding hydrogens is 286 g/mol. The van der Waals surface area contributed by atoms with E-state index in [2.05, 4.69) is 73.2 Å². The van der Waals surface area contributed by atoms with Gasteiger partial charge >= 0.3 is 0 Å². The number of hydrogen-bond donors (Lipinski definition) is 1. The zero-order chi connectivity index (χ0) is 13.6. The molecule has 0 saturated heterocycles. The molecule has 1 aromatic rings. The monoisotopic (exact) mass is 311 g/mol. The highest BCUT2D eigenvalue weighted by Gasteiger charge is 2.15. The van der Waals surface area contributed by atoms with Crippen LogP contribution in [0.15, 0.2) is 28.7 Å². The predicted molar refractivity (Wildman–Crippen MR) is 84.0 cm³/mol. The zero-order valence-electron chi connectivity index (χ0n) is 12.1. The number of halogens is 1. The van der Waals surface area contributed by atoms with Crippen molar-refractivity contribution in [3.63, 3.8) is 0 Å². The van der Waals surface area contributed by atoms with Crippen LogP contribution >= 0.6 is 15.9 Å². The molecule has 0 aliphatic rings. The van der Waals surface area contributed by atoms with Crippen LogP contribution in [0.2, 0.25) is 0 Å². The van der Waals surface area contributed by atoms with Crippen molar-refractivity contribution in [2.75, 3.05) is 6.54 Å². The Morgan fingerprint density at radius 1 is 1.28 bits per heavy atom. The SMILES string of the molecule is CCNC(CCC(C)(C)C)Cc1cccc(Br)c1. The zero-order valence-corrected chi connectivity index (χ0v) is 13.7. The Morgan fingerprint density at radius 3 is 2.56 bits per heavy atom. The van der Waals surface area contributed by atoms with Crippen LogP contribution in [0.25, 0.3) is 0 Å². The largest absolute Gasteiger partial charge is 0.314 e. The summed E-state index contributed by atoms with van der Waals surface area (Å²) in [6.07, 6.45) is 3.62. The van der Waals surface area contributed by atoms with Crippen LogP contribution in [-0.2, 0) is 6.42 Å². The molecule has 1 unspecified atom stereocenters. The Balaban J connectivity index is 2.57. The van der Waals surface area contributed by atoms with E-state index < -0.39 is 0 Å². The van der Waals surface area contributed by atoms with Crippen molar-refractivity contribution in [1.82, 2.24) is 5.32 Å². The number of likely N-dealkylation sites (N-methyl/N-ethyl adjacent to an activating group) is 1. The van der Waals surface area contributed by atoms with E-state index in [1.165, 1.54) is 22.9 Å². The Bertz CT molecular complexity index is 354. The van der Waals surface area contributed by atoms with Crippen LogP contribution in [0.5, 0.6) is 0 Å². The van der Waals surface area contributed by atoms with Gasteiger partial charge in [0.15, 0.2) is 0 Å². The van der Waals surface area contributed by atoms with Gasteiger partial charge in [0.25, 0.3) is 0 Å². The lowest BCUT2D eigenvalue weighted by molar-refractivity contribution is 0.330. The Labute approximate surface area is 120 Å². The van der Waals surface area contributed by atoms with E-state index in [4.69, 9.17) is 0 Å². The molecular formula is C16H26BrN. The summed E-state index contributed by atoms with van der Waals surface area (Å²) < 4.78 is 1.17. The molecule has 0 saturated carbocycles. The van der Waals surface area contributed by atoms with Gasteiger partial charge in [-0.3, -0.25) is 0 Å². The van der Waals surface area contributed by atoms with Crippen molar-refractivity contribution in [2.45, 2.75) is 53.0 Å². The maximum Gasteiger partial charge on any atom is 0.0178 e. The third kappa shape index (κ3) is 6.55. The van der Waals surface area contributed by atoms with Gasteiger partial charge in [-0.15, -0.1) is 0 Å². The summed E-state index contributed by atoms with van der Waals surface area (Å²) >= 11 is 3.54. The molecule has 1 rings (SSSR count). The second-order valence-corrected chi connectivity index (χ2v) is 7.10.